The highest BCUT2D eigenvalue weighted by molar-refractivity contribution is 7.89. The van der Waals surface area contributed by atoms with E-state index in [2.05, 4.69) is 4.98 Å². The van der Waals surface area contributed by atoms with E-state index >= 15 is 0 Å². The molecular weight excluding hydrogens is 324 g/mol. The molecule has 1 aromatic carbocycles. The van der Waals surface area contributed by atoms with Crippen molar-refractivity contribution in [2.45, 2.75) is 49.6 Å². The minimum atomic E-state index is -3.58. The summed E-state index contributed by atoms with van der Waals surface area (Å²) in [6.07, 6.45) is 5.76. The van der Waals surface area contributed by atoms with Gasteiger partial charge >= 0.3 is 0 Å². The molecular formula is C18H22N2O3S. The molecule has 128 valence electrons. The van der Waals surface area contributed by atoms with Crippen molar-refractivity contribution < 1.29 is 13.2 Å². The van der Waals surface area contributed by atoms with Crippen molar-refractivity contribution in [2.75, 3.05) is 13.2 Å². The van der Waals surface area contributed by atoms with E-state index in [1.54, 1.807) is 22.6 Å². The number of aromatic nitrogens is 1. The summed E-state index contributed by atoms with van der Waals surface area (Å²) in [5.74, 6) is 0. The number of fused-ring (bicyclic) bond motifs is 2. The van der Waals surface area contributed by atoms with Gasteiger partial charge in [-0.1, -0.05) is 25.0 Å². The quantitative estimate of drug-likeness (QED) is 0.839. The van der Waals surface area contributed by atoms with Gasteiger partial charge in [0.25, 0.3) is 0 Å². The fourth-order valence-electron chi connectivity index (χ4n) is 3.94. The van der Waals surface area contributed by atoms with Gasteiger partial charge in [-0.15, -0.1) is 0 Å². The van der Waals surface area contributed by atoms with Gasteiger partial charge in [-0.05, 0) is 37.5 Å². The number of nitrogens with zero attached hydrogens (tertiary/aromatic N) is 2. The van der Waals surface area contributed by atoms with Crippen molar-refractivity contribution in [2.24, 2.45) is 0 Å². The highest BCUT2D eigenvalue weighted by Crippen LogP contribution is 2.34. The Morgan fingerprint density at radius 3 is 2.96 bits per heavy atom. The normalized spacial score (nSPS) is 25.5. The molecule has 0 N–H and O–H groups in total. The van der Waals surface area contributed by atoms with Crippen molar-refractivity contribution in [1.29, 1.82) is 0 Å². The summed E-state index contributed by atoms with van der Waals surface area (Å²) in [6, 6.07) is 7.32. The molecule has 1 aromatic heterocycles. The van der Waals surface area contributed by atoms with E-state index in [0.717, 1.165) is 36.6 Å². The van der Waals surface area contributed by atoms with Crippen molar-refractivity contribution in [3.63, 3.8) is 0 Å². The Bertz CT molecular complexity index is 864. The third-order valence-corrected chi connectivity index (χ3v) is 7.03. The predicted octanol–water partition coefficient (Wildman–Crippen LogP) is 2.88. The summed E-state index contributed by atoms with van der Waals surface area (Å²) in [5, 5.41) is 0.865. The van der Waals surface area contributed by atoms with Gasteiger partial charge in [0.15, 0.2) is 0 Å². The summed E-state index contributed by atoms with van der Waals surface area (Å²) in [7, 11) is -3.58. The van der Waals surface area contributed by atoms with Crippen molar-refractivity contribution in [3.05, 3.63) is 36.0 Å². The van der Waals surface area contributed by atoms with Crippen molar-refractivity contribution >= 4 is 20.9 Å². The molecule has 2 aromatic rings. The van der Waals surface area contributed by atoms with Gasteiger partial charge < -0.3 is 4.74 Å². The van der Waals surface area contributed by atoms with E-state index in [-0.39, 0.29) is 12.1 Å². The summed E-state index contributed by atoms with van der Waals surface area (Å²) in [4.78, 5) is 4.72. The molecule has 6 heteroatoms. The Morgan fingerprint density at radius 2 is 2.08 bits per heavy atom. The fourth-order valence-corrected chi connectivity index (χ4v) is 5.77. The second-order valence-corrected chi connectivity index (χ2v) is 8.58. The molecule has 2 heterocycles. The summed E-state index contributed by atoms with van der Waals surface area (Å²) in [6.45, 7) is 2.85. The van der Waals surface area contributed by atoms with Crippen LogP contribution in [-0.4, -0.2) is 43.0 Å². The van der Waals surface area contributed by atoms with Crippen LogP contribution in [0.2, 0.25) is 0 Å². The van der Waals surface area contributed by atoms with Crippen LogP contribution in [0.3, 0.4) is 0 Å². The minimum Gasteiger partial charge on any atom is -0.375 e. The Morgan fingerprint density at radius 1 is 1.25 bits per heavy atom. The highest BCUT2D eigenvalue weighted by atomic mass is 32.2. The molecule has 0 unspecified atom stereocenters. The van der Waals surface area contributed by atoms with Crippen LogP contribution in [0.4, 0.5) is 0 Å². The van der Waals surface area contributed by atoms with Crippen LogP contribution in [0.15, 0.2) is 35.4 Å². The van der Waals surface area contributed by atoms with E-state index in [1.165, 1.54) is 0 Å². The topological polar surface area (TPSA) is 59.5 Å². The second-order valence-electron chi connectivity index (χ2n) is 6.72. The van der Waals surface area contributed by atoms with Gasteiger partial charge in [0.1, 0.15) is 4.90 Å². The molecule has 1 saturated heterocycles. The number of aryl methyl sites for hydroxylation is 1. The Labute approximate surface area is 142 Å². The molecule has 1 aliphatic carbocycles. The van der Waals surface area contributed by atoms with Crippen LogP contribution >= 0.6 is 0 Å². The molecule has 24 heavy (non-hydrogen) atoms. The standard InChI is InChI=1S/C18H22N2O3S/c1-13-11-14-5-4-8-17(18(14)19-12-13)24(21,22)20-9-10-23-16-7-3-2-6-15(16)20/h4-5,8,11-12,15-16H,2-3,6-7,9-10H2,1H3/t15-,16-/m1/s1. The van der Waals surface area contributed by atoms with Gasteiger partial charge in [0.2, 0.25) is 10.0 Å². The summed E-state index contributed by atoms with van der Waals surface area (Å²) in [5.41, 5.74) is 1.58. The number of sulfonamides is 1. The monoisotopic (exact) mass is 346 g/mol. The Hall–Kier alpha value is -1.50. The van der Waals surface area contributed by atoms with Gasteiger partial charge in [-0.25, -0.2) is 8.42 Å². The van der Waals surface area contributed by atoms with Gasteiger partial charge in [-0.2, -0.15) is 4.31 Å². The number of hydrogen-bond acceptors (Lipinski definition) is 4. The molecule has 2 atom stereocenters. The Balaban J connectivity index is 1.80. The van der Waals surface area contributed by atoms with Crippen molar-refractivity contribution in [1.82, 2.24) is 9.29 Å². The first-order valence-electron chi connectivity index (χ1n) is 8.56. The maximum Gasteiger partial charge on any atom is 0.245 e. The average Bonchev–Trinajstić information content (AvgIpc) is 2.60. The third kappa shape index (κ3) is 2.62. The maximum atomic E-state index is 13.4. The predicted molar refractivity (Wildman–Crippen MR) is 92.4 cm³/mol. The van der Waals surface area contributed by atoms with Crippen LogP contribution in [0.25, 0.3) is 10.9 Å². The highest BCUT2D eigenvalue weighted by Gasteiger charge is 2.41. The van der Waals surface area contributed by atoms with E-state index in [9.17, 15) is 8.42 Å². The smallest absolute Gasteiger partial charge is 0.245 e. The first-order valence-corrected chi connectivity index (χ1v) is 10.0. The summed E-state index contributed by atoms with van der Waals surface area (Å²) < 4.78 is 34.2. The van der Waals surface area contributed by atoms with Gasteiger partial charge in [-0.3, -0.25) is 4.98 Å². The fraction of sp³-hybridized carbons (Fsp3) is 0.500. The molecule has 5 nitrogen and oxygen atoms in total. The zero-order valence-electron chi connectivity index (χ0n) is 13.8. The van der Waals surface area contributed by atoms with Gasteiger partial charge in [0.05, 0.1) is 24.3 Å². The molecule has 0 radical (unpaired) electrons. The molecule has 1 saturated carbocycles. The van der Waals surface area contributed by atoms with Crippen LogP contribution in [0, 0.1) is 6.92 Å². The summed E-state index contributed by atoms with van der Waals surface area (Å²) >= 11 is 0. The second kappa shape index (κ2) is 6.10. The molecule has 1 aliphatic heterocycles. The molecule has 0 amide bonds. The molecule has 2 fully saturated rings. The lowest BCUT2D eigenvalue weighted by Gasteiger charge is -2.42. The number of morpholine rings is 1. The molecule has 2 aliphatic rings. The van der Waals surface area contributed by atoms with Crippen molar-refractivity contribution in [3.8, 4) is 0 Å². The lowest BCUT2D eigenvalue weighted by atomic mass is 9.91. The molecule has 4 rings (SSSR count). The van der Waals surface area contributed by atoms with Crippen LogP contribution in [0.1, 0.15) is 31.2 Å². The number of benzene rings is 1. The lowest BCUT2D eigenvalue weighted by Crippen LogP contribution is -2.54. The first-order chi connectivity index (χ1) is 11.6. The van der Waals surface area contributed by atoms with E-state index in [1.807, 2.05) is 19.1 Å². The average molecular weight is 346 g/mol. The van der Waals surface area contributed by atoms with E-state index < -0.39 is 10.0 Å². The van der Waals surface area contributed by atoms with Gasteiger partial charge in [0, 0.05) is 18.1 Å². The van der Waals surface area contributed by atoms with E-state index in [0.29, 0.717) is 23.6 Å². The number of para-hydroxylation sites is 1. The lowest BCUT2D eigenvalue weighted by molar-refractivity contribution is -0.0585. The van der Waals surface area contributed by atoms with E-state index in [4.69, 9.17) is 4.74 Å². The minimum absolute atomic E-state index is 0.0347. The largest absolute Gasteiger partial charge is 0.375 e. The Kier molecular flexibility index (Phi) is 4.06. The third-order valence-electron chi connectivity index (χ3n) is 5.08. The zero-order chi connectivity index (χ0) is 16.7. The van der Waals surface area contributed by atoms with Crippen LogP contribution in [0.5, 0.6) is 0 Å². The molecule has 0 spiro atoms. The number of pyridine rings is 1. The number of hydrogen-bond donors (Lipinski definition) is 0. The SMILES string of the molecule is Cc1cnc2c(S(=O)(=O)N3CCO[C@@H]4CCCC[C@H]43)cccc2c1. The van der Waals surface area contributed by atoms with Crippen LogP contribution < -0.4 is 0 Å². The van der Waals surface area contributed by atoms with Crippen LogP contribution in [-0.2, 0) is 14.8 Å². The zero-order valence-corrected chi connectivity index (χ0v) is 14.6. The maximum absolute atomic E-state index is 13.4. The number of ether oxygens (including phenoxy) is 1. The number of rotatable bonds is 2. The first kappa shape index (κ1) is 16.0. The molecule has 0 bridgehead atoms.